The minimum Gasteiger partial charge on any atom is -0.453 e. The normalized spacial score (nSPS) is 10.3. The summed E-state index contributed by atoms with van der Waals surface area (Å²) in [6.07, 6.45) is 4.46. The van der Waals surface area contributed by atoms with Crippen molar-refractivity contribution < 1.29 is 9.53 Å². The molecule has 3 aromatic heterocycles. The van der Waals surface area contributed by atoms with Crippen molar-refractivity contribution in [3.05, 3.63) is 48.5 Å². The lowest BCUT2D eigenvalue weighted by Gasteiger charge is -2.09. The predicted octanol–water partition coefficient (Wildman–Crippen LogP) is 3.13. The van der Waals surface area contributed by atoms with Crippen LogP contribution in [0.1, 0.15) is 5.69 Å². The van der Waals surface area contributed by atoms with Crippen LogP contribution in [0, 0.1) is 6.92 Å². The van der Waals surface area contributed by atoms with Crippen LogP contribution in [0.2, 0.25) is 0 Å². The molecule has 0 bridgehead atoms. The van der Waals surface area contributed by atoms with Gasteiger partial charge in [0, 0.05) is 30.1 Å². The highest BCUT2D eigenvalue weighted by Gasteiger charge is 2.10. The molecule has 0 aliphatic heterocycles. The van der Waals surface area contributed by atoms with Crippen LogP contribution >= 0.6 is 0 Å². The second-order valence-electron chi connectivity index (χ2n) is 5.48. The summed E-state index contributed by atoms with van der Waals surface area (Å²) in [6.45, 7) is 1.92. The Morgan fingerprint density at radius 2 is 1.96 bits per heavy atom. The quantitative estimate of drug-likeness (QED) is 0.745. The molecule has 0 fully saturated rings. The molecule has 8 heteroatoms. The van der Waals surface area contributed by atoms with Gasteiger partial charge in [-0.1, -0.05) is 0 Å². The van der Waals surface area contributed by atoms with E-state index in [4.69, 9.17) is 0 Å². The summed E-state index contributed by atoms with van der Waals surface area (Å²) >= 11 is 0. The van der Waals surface area contributed by atoms with E-state index in [0.717, 1.165) is 28.1 Å². The summed E-state index contributed by atoms with van der Waals surface area (Å²) < 4.78 is 4.59. The zero-order chi connectivity index (χ0) is 18.5. The molecule has 3 heterocycles. The Hall–Kier alpha value is -3.55. The van der Waals surface area contributed by atoms with Gasteiger partial charge in [-0.15, -0.1) is 0 Å². The first-order valence-corrected chi connectivity index (χ1v) is 7.89. The molecule has 1 amide bonds. The number of carbonyl (C=O) groups is 1. The molecule has 0 saturated heterocycles. The van der Waals surface area contributed by atoms with E-state index in [2.05, 4.69) is 35.5 Å². The number of nitrogens with one attached hydrogen (secondary N) is 2. The fraction of sp³-hybridized carbons (Fsp3) is 0.167. The Bertz CT molecular complexity index is 944. The highest BCUT2D eigenvalue weighted by Crippen LogP contribution is 2.27. The molecular formula is C18H18N6O2. The van der Waals surface area contributed by atoms with E-state index in [1.54, 1.807) is 24.7 Å². The second-order valence-corrected chi connectivity index (χ2v) is 5.48. The number of aromatic nitrogens is 4. The van der Waals surface area contributed by atoms with Crippen LogP contribution in [-0.4, -0.2) is 40.4 Å². The van der Waals surface area contributed by atoms with Gasteiger partial charge in [-0.25, -0.2) is 9.78 Å². The highest BCUT2D eigenvalue weighted by molar-refractivity contribution is 5.84. The van der Waals surface area contributed by atoms with Crippen LogP contribution < -0.4 is 10.6 Å². The Morgan fingerprint density at radius 1 is 1.12 bits per heavy atom. The summed E-state index contributed by atoms with van der Waals surface area (Å²) in [5.74, 6) is 0.391. The molecule has 0 aromatic carbocycles. The molecule has 0 spiro atoms. The molecule has 0 atom stereocenters. The van der Waals surface area contributed by atoms with Crippen molar-refractivity contribution in [2.45, 2.75) is 6.92 Å². The van der Waals surface area contributed by atoms with Crippen LogP contribution in [0.15, 0.2) is 42.9 Å². The van der Waals surface area contributed by atoms with Crippen LogP contribution in [0.25, 0.3) is 22.4 Å². The molecule has 8 nitrogen and oxygen atoms in total. The van der Waals surface area contributed by atoms with Gasteiger partial charge in [0.25, 0.3) is 0 Å². The zero-order valence-corrected chi connectivity index (χ0v) is 14.6. The topological polar surface area (TPSA) is 102 Å². The fourth-order valence-corrected chi connectivity index (χ4v) is 2.42. The number of rotatable bonds is 4. The monoisotopic (exact) mass is 350 g/mol. The summed E-state index contributed by atoms with van der Waals surface area (Å²) in [5, 5.41) is 14.0. The Kier molecular flexibility index (Phi) is 5.02. The second kappa shape index (κ2) is 7.56. The van der Waals surface area contributed by atoms with E-state index in [1.165, 1.54) is 7.11 Å². The Labute approximate surface area is 150 Å². The molecule has 0 aliphatic carbocycles. The van der Waals surface area contributed by atoms with Crippen molar-refractivity contribution in [3.8, 4) is 22.4 Å². The average Bonchev–Trinajstić information content (AvgIpc) is 2.68. The van der Waals surface area contributed by atoms with Gasteiger partial charge in [0.05, 0.1) is 30.9 Å². The third-order valence-corrected chi connectivity index (χ3v) is 3.81. The lowest BCUT2D eigenvalue weighted by Crippen LogP contribution is -2.11. The molecule has 0 radical (unpaired) electrons. The average molecular weight is 350 g/mol. The lowest BCUT2D eigenvalue weighted by atomic mass is 10.0. The molecule has 0 saturated carbocycles. The van der Waals surface area contributed by atoms with Crippen LogP contribution in [-0.2, 0) is 4.74 Å². The Balaban J connectivity index is 1.98. The minimum atomic E-state index is -0.575. The van der Waals surface area contributed by atoms with Crippen LogP contribution in [0.4, 0.5) is 16.3 Å². The first kappa shape index (κ1) is 17.3. The smallest absolute Gasteiger partial charge is 0.412 e. The lowest BCUT2D eigenvalue weighted by molar-refractivity contribution is 0.187. The van der Waals surface area contributed by atoms with Gasteiger partial charge in [0.1, 0.15) is 5.82 Å². The van der Waals surface area contributed by atoms with Crippen molar-refractivity contribution >= 4 is 17.6 Å². The van der Waals surface area contributed by atoms with Crippen molar-refractivity contribution in [1.29, 1.82) is 0 Å². The van der Waals surface area contributed by atoms with E-state index < -0.39 is 6.09 Å². The molecule has 0 aliphatic rings. The summed E-state index contributed by atoms with van der Waals surface area (Å²) in [4.78, 5) is 19.8. The van der Waals surface area contributed by atoms with Gasteiger partial charge in [-0.2, -0.15) is 10.2 Å². The maximum atomic E-state index is 11.4. The van der Waals surface area contributed by atoms with Gasteiger partial charge < -0.3 is 10.1 Å². The van der Waals surface area contributed by atoms with Crippen LogP contribution in [0.3, 0.4) is 0 Å². The van der Waals surface area contributed by atoms with Crippen molar-refractivity contribution in [2.24, 2.45) is 0 Å². The fourth-order valence-electron chi connectivity index (χ4n) is 2.42. The summed E-state index contributed by atoms with van der Waals surface area (Å²) in [7, 11) is 3.14. The third kappa shape index (κ3) is 3.75. The van der Waals surface area contributed by atoms with Crippen molar-refractivity contribution in [1.82, 2.24) is 20.2 Å². The number of carbonyl (C=O) groups excluding carboxylic acids is 1. The van der Waals surface area contributed by atoms with E-state index >= 15 is 0 Å². The van der Waals surface area contributed by atoms with Gasteiger partial charge >= 0.3 is 6.09 Å². The summed E-state index contributed by atoms with van der Waals surface area (Å²) in [6, 6.07) is 7.48. The largest absolute Gasteiger partial charge is 0.453 e. The SMILES string of the molecule is CNc1cnc(C)c(-c2cc(-c3ccnc(NC(=O)OC)c3)cnn2)c1. The predicted molar refractivity (Wildman–Crippen MR) is 98.8 cm³/mol. The van der Waals surface area contributed by atoms with E-state index in [-0.39, 0.29) is 0 Å². The molecule has 2 N–H and O–H groups in total. The molecule has 132 valence electrons. The van der Waals surface area contributed by atoms with Crippen LogP contribution in [0.5, 0.6) is 0 Å². The first-order valence-electron chi connectivity index (χ1n) is 7.89. The number of pyridine rings is 2. The third-order valence-electron chi connectivity index (χ3n) is 3.81. The number of methoxy groups -OCH3 is 1. The van der Waals surface area contributed by atoms with Gasteiger partial charge in [-0.05, 0) is 36.8 Å². The molecule has 26 heavy (non-hydrogen) atoms. The number of hydrogen-bond donors (Lipinski definition) is 2. The maximum absolute atomic E-state index is 11.4. The number of hydrogen-bond acceptors (Lipinski definition) is 7. The van der Waals surface area contributed by atoms with Gasteiger partial charge in [0.15, 0.2) is 0 Å². The maximum Gasteiger partial charge on any atom is 0.412 e. The number of aryl methyl sites for hydroxylation is 1. The van der Waals surface area contributed by atoms with E-state index in [1.807, 2.05) is 32.2 Å². The van der Waals surface area contributed by atoms with E-state index in [0.29, 0.717) is 11.5 Å². The first-order chi connectivity index (χ1) is 12.6. The number of nitrogens with zero attached hydrogens (tertiary/aromatic N) is 4. The molecule has 0 unspecified atom stereocenters. The van der Waals surface area contributed by atoms with Gasteiger partial charge in [0.2, 0.25) is 0 Å². The number of anilines is 2. The van der Waals surface area contributed by atoms with Crippen molar-refractivity contribution in [3.63, 3.8) is 0 Å². The molecular weight excluding hydrogens is 332 g/mol. The molecule has 3 aromatic rings. The number of amides is 1. The summed E-state index contributed by atoms with van der Waals surface area (Å²) in [5.41, 5.74) is 5.05. The Morgan fingerprint density at radius 3 is 2.73 bits per heavy atom. The highest BCUT2D eigenvalue weighted by atomic mass is 16.5. The van der Waals surface area contributed by atoms with Crippen molar-refractivity contribution in [2.75, 3.05) is 24.8 Å². The zero-order valence-electron chi connectivity index (χ0n) is 14.6. The standard InChI is InChI=1S/C18H18N6O2/c1-11-15(8-14(19-2)10-21-11)16-6-13(9-22-24-16)12-4-5-20-17(7-12)23-18(25)26-3/h4-10,19H,1-3H3,(H,20,23,25). The number of ether oxygens (including phenoxy) is 1. The van der Waals surface area contributed by atoms with Gasteiger partial charge in [-0.3, -0.25) is 10.3 Å². The molecule has 3 rings (SSSR count). The van der Waals surface area contributed by atoms with E-state index in [9.17, 15) is 4.79 Å². The minimum absolute atomic E-state index is 0.391.